The van der Waals surface area contributed by atoms with Crippen LogP contribution in [0.15, 0.2) is 28.7 Å². The van der Waals surface area contributed by atoms with Gasteiger partial charge in [0.2, 0.25) is 5.91 Å². The van der Waals surface area contributed by atoms with Gasteiger partial charge >= 0.3 is 0 Å². The highest BCUT2D eigenvalue weighted by atomic mass is 79.9. The Hall–Kier alpha value is -0.870. The van der Waals surface area contributed by atoms with Gasteiger partial charge in [-0.25, -0.2) is 0 Å². The molecule has 1 aromatic carbocycles. The maximum Gasteiger partial charge on any atom is 0.220 e. The Morgan fingerprint density at radius 1 is 1.56 bits per heavy atom. The maximum atomic E-state index is 11.2. The second kappa shape index (κ2) is 6.66. The second-order valence-electron chi connectivity index (χ2n) is 3.56. The number of hydrogen-bond acceptors (Lipinski definition) is 2. The monoisotopic (exact) mass is 285 g/mol. The molecule has 1 unspecified atom stereocenters. The molecule has 0 aliphatic rings. The Balaban J connectivity index is 2.46. The highest BCUT2D eigenvalue weighted by molar-refractivity contribution is 9.10. The van der Waals surface area contributed by atoms with Gasteiger partial charge in [-0.15, -0.1) is 0 Å². The van der Waals surface area contributed by atoms with Gasteiger partial charge in [0.1, 0.15) is 0 Å². The van der Waals surface area contributed by atoms with Crippen LogP contribution in [-0.4, -0.2) is 17.6 Å². The first-order valence-electron chi connectivity index (χ1n) is 5.33. The zero-order chi connectivity index (χ0) is 12.0. The quantitative estimate of drug-likeness (QED) is 0.873. The van der Waals surface area contributed by atoms with Crippen LogP contribution in [0.25, 0.3) is 0 Å². The lowest BCUT2D eigenvalue weighted by Gasteiger charge is -2.10. The molecular weight excluding hydrogens is 270 g/mol. The summed E-state index contributed by atoms with van der Waals surface area (Å²) in [5, 5.41) is 12.6. The Morgan fingerprint density at radius 3 is 2.94 bits per heavy atom. The lowest BCUT2D eigenvalue weighted by atomic mass is 10.1. The van der Waals surface area contributed by atoms with Crippen LogP contribution < -0.4 is 5.32 Å². The number of hydrogen-bond donors (Lipinski definition) is 2. The highest BCUT2D eigenvalue weighted by Gasteiger charge is 2.10. The van der Waals surface area contributed by atoms with Crippen molar-refractivity contribution in [2.75, 3.05) is 6.54 Å². The van der Waals surface area contributed by atoms with Crippen molar-refractivity contribution in [1.82, 2.24) is 5.32 Å². The van der Waals surface area contributed by atoms with Crippen LogP contribution >= 0.6 is 15.9 Å². The minimum atomic E-state index is -0.583. The first-order chi connectivity index (χ1) is 7.63. The highest BCUT2D eigenvalue weighted by Crippen LogP contribution is 2.21. The minimum Gasteiger partial charge on any atom is -0.388 e. The van der Waals surface area contributed by atoms with E-state index in [-0.39, 0.29) is 5.91 Å². The summed E-state index contributed by atoms with van der Waals surface area (Å²) in [4.78, 5) is 11.2. The van der Waals surface area contributed by atoms with Crippen LogP contribution in [0.2, 0.25) is 0 Å². The first-order valence-corrected chi connectivity index (χ1v) is 6.13. The van der Waals surface area contributed by atoms with Crippen molar-refractivity contribution in [2.45, 2.75) is 25.9 Å². The molecule has 1 atom stereocenters. The number of carbonyl (C=O) groups excluding carboxylic acids is 1. The van der Waals surface area contributed by atoms with Crippen molar-refractivity contribution >= 4 is 21.8 Å². The summed E-state index contributed by atoms with van der Waals surface area (Å²) in [6.45, 7) is 2.51. The zero-order valence-electron chi connectivity index (χ0n) is 9.24. The van der Waals surface area contributed by atoms with E-state index in [0.717, 1.165) is 10.0 Å². The van der Waals surface area contributed by atoms with Gasteiger partial charge in [0.15, 0.2) is 0 Å². The van der Waals surface area contributed by atoms with Crippen LogP contribution in [0, 0.1) is 0 Å². The van der Waals surface area contributed by atoms with Crippen molar-refractivity contribution < 1.29 is 9.90 Å². The molecule has 1 amide bonds. The average Bonchev–Trinajstić information content (AvgIpc) is 2.26. The molecule has 88 valence electrons. The van der Waals surface area contributed by atoms with Crippen molar-refractivity contribution in [3.05, 3.63) is 34.3 Å². The number of rotatable bonds is 5. The summed E-state index contributed by atoms with van der Waals surface area (Å²) in [6, 6.07) is 7.49. The number of amides is 1. The predicted molar refractivity (Wildman–Crippen MR) is 67.0 cm³/mol. The molecular formula is C12H16BrNO2. The molecule has 0 bridgehead atoms. The molecule has 2 N–H and O–H groups in total. The van der Waals surface area contributed by atoms with Crippen LogP contribution in [0.1, 0.15) is 31.4 Å². The third kappa shape index (κ3) is 4.33. The third-order valence-corrected chi connectivity index (χ3v) is 2.75. The summed E-state index contributed by atoms with van der Waals surface area (Å²) in [5.41, 5.74) is 0.832. The van der Waals surface area contributed by atoms with Crippen LogP contribution in [-0.2, 0) is 4.79 Å². The maximum absolute atomic E-state index is 11.2. The van der Waals surface area contributed by atoms with Crippen LogP contribution in [0.4, 0.5) is 0 Å². The molecule has 3 nitrogen and oxygen atoms in total. The normalized spacial score (nSPS) is 12.2. The van der Waals surface area contributed by atoms with Gasteiger partial charge in [-0.2, -0.15) is 0 Å². The first kappa shape index (κ1) is 13.2. The molecule has 1 aromatic rings. The number of aliphatic hydroxyl groups is 1. The molecule has 4 heteroatoms. The Kier molecular flexibility index (Phi) is 5.49. The summed E-state index contributed by atoms with van der Waals surface area (Å²) in [6.07, 6.45) is 0.212. The van der Waals surface area contributed by atoms with Gasteiger partial charge in [0.05, 0.1) is 6.10 Å². The van der Waals surface area contributed by atoms with E-state index in [2.05, 4.69) is 21.2 Å². The lowest BCUT2D eigenvalue weighted by molar-refractivity contribution is -0.121. The molecule has 0 saturated heterocycles. The number of carbonyl (C=O) groups is 1. The number of aliphatic hydroxyl groups excluding tert-OH is 1. The van der Waals surface area contributed by atoms with Crippen molar-refractivity contribution in [1.29, 1.82) is 0 Å². The molecule has 0 saturated carbocycles. The lowest BCUT2D eigenvalue weighted by Crippen LogP contribution is -2.22. The fourth-order valence-electron chi connectivity index (χ4n) is 1.43. The molecule has 0 fully saturated rings. The van der Waals surface area contributed by atoms with E-state index < -0.39 is 6.10 Å². The van der Waals surface area contributed by atoms with E-state index >= 15 is 0 Å². The van der Waals surface area contributed by atoms with Gasteiger partial charge in [0, 0.05) is 17.4 Å². The average molecular weight is 286 g/mol. The number of benzene rings is 1. The largest absolute Gasteiger partial charge is 0.388 e. The van der Waals surface area contributed by atoms with Gasteiger partial charge in [-0.1, -0.05) is 28.1 Å². The zero-order valence-corrected chi connectivity index (χ0v) is 10.8. The van der Waals surface area contributed by atoms with Gasteiger partial charge in [-0.05, 0) is 31.0 Å². The summed E-state index contributed by atoms with van der Waals surface area (Å²) >= 11 is 3.34. The molecule has 16 heavy (non-hydrogen) atoms. The van der Waals surface area contributed by atoms with Gasteiger partial charge in [0.25, 0.3) is 0 Å². The topological polar surface area (TPSA) is 49.3 Å². The molecule has 0 spiro atoms. The number of nitrogens with one attached hydrogen (secondary N) is 1. The Morgan fingerprint density at radius 2 is 2.31 bits per heavy atom. The molecule has 0 heterocycles. The minimum absolute atomic E-state index is 0.0171. The van der Waals surface area contributed by atoms with E-state index in [1.165, 1.54) is 0 Å². The van der Waals surface area contributed by atoms with Crippen molar-refractivity contribution in [2.24, 2.45) is 0 Å². The van der Waals surface area contributed by atoms with Crippen LogP contribution in [0.3, 0.4) is 0 Å². The second-order valence-corrected chi connectivity index (χ2v) is 4.48. The van der Waals surface area contributed by atoms with E-state index in [0.29, 0.717) is 19.4 Å². The molecule has 0 radical (unpaired) electrons. The summed E-state index contributed by atoms with van der Waals surface area (Å²) in [7, 11) is 0. The standard InChI is InChI=1S/C12H16BrNO2/c1-2-14-12(16)7-6-11(15)9-4-3-5-10(13)8-9/h3-5,8,11,15H,2,6-7H2,1H3,(H,14,16). The third-order valence-electron chi connectivity index (χ3n) is 2.25. The predicted octanol–water partition coefficient (Wildman–Crippen LogP) is 2.40. The fourth-order valence-corrected chi connectivity index (χ4v) is 1.85. The summed E-state index contributed by atoms with van der Waals surface area (Å²) < 4.78 is 0.932. The molecule has 0 aromatic heterocycles. The van der Waals surface area contributed by atoms with E-state index in [9.17, 15) is 9.90 Å². The number of halogens is 1. The smallest absolute Gasteiger partial charge is 0.220 e. The molecule has 0 aliphatic heterocycles. The molecule has 0 aliphatic carbocycles. The SMILES string of the molecule is CCNC(=O)CCC(O)c1cccc(Br)c1. The van der Waals surface area contributed by atoms with Crippen LogP contribution in [0.5, 0.6) is 0 Å². The molecule has 1 rings (SSSR count). The van der Waals surface area contributed by atoms with E-state index in [1.54, 1.807) is 0 Å². The van der Waals surface area contributed by atoms with Gasteiger partial charge in [-0.3, -0.25) is 4.79 Å². The summed E-state index contributed by atoms with van der Waals surface area (Å²) in [5.74, 6) is -0.0171. The van der Waals surface area contributed by atoms with Crippen molar-refractivity contribution in [3.8, 4) is 0 Å². The fraction of sp³-hybridized carbons (Fsp3) is 0.417. The Bertz CT molecular complexity index is 355. The van der Waals surface area contributed by atoms with Gasteiger partial charge < -0.3 is 10.4 Å². The van der Waals surface area contributed by atoms with Crippen molar-refractivity contribution in [3.63, 3.8) is 0 Å². The van der Waals surface area contributed by atoms with E-state index in [4.69, 9.17) is 0 Å². The van der Waals surface area contributed by atoms with E-state index in [1.807, 2.05) is 31.2 Å². The Labute approximate surface area is 104 Å².